The minimum atomic E-state index is -0.141. The number of allylic oxidation sites excluding steroid dienone is 1. The molecular weight excluding hydrogens is 292 g/mol. The lowest BCUT2D eigenvalue weighted by atomic mass is 9.72. The Hall–Kier alpha value is -0.800. The second-order valence-electron chi connectivity index (χ2n) is 5.40. The van der Waals surface area contributed by atoms with Crippen molar-refractivity contribution >= 4 is 15.9 Å². The maximum absolute atomic E-state index is 10.2. The average molecular weight is 311 g/mol. The molecule has 0 amide bonds. The van der Waals surface area contributed by atoms with Crippen LogP contribution >= 0.6 is 15.9 Å². The van der Waals surface area contributed by atoms with Crippen LogP contribution in [-0.4, -0.2) is 16.8 Å². The number of aliphatic hydroxyl groups is 1. The zero-order chi connectivity index (χ0) is 13.5. The first-order valence-corrected chi connectivity index (χ1v) is 6.99. The van der Waals surface area contributed by atoms with Crippen LogP contribution in [0.25, 0.3) is 0 Å². The van der Waals surface area contributed by atoms with E-state index < -0.39 is 0 Å². The molecule has 2 atom stereocenters. The Labute approximate surface area is 116 Å². The molecular formula is C15H19BrO2. The number of benzene rings is 1. The van der Waals surface area contributed by atoms with Crippen molar-refractivity contribution in [1.82, 2.24) is 0 Å². The van der Waals surface area contributed by atoms with Crippen LogP contribution < -0.4 is 0 Å². The van der Waals surface area contributed by atoms with Crippen molar-refractivity contribution in [3.63, 3.8) is 0 Å². The second-order valence-corrected chi connectivity index (χ2v) is 6.25. The number of aromatic hydroxyl groups is 1. The fourth-order valence-electron chi connectivity index (χ4n) is 2.77. The van der Waals surface area contributed by atoms with Crippen molar-refractivity contribution < 1.29 is 10.2 Å². The van der Waals surface area contributed by atoms with Crippen LogP contribution in [0.5, 0.6) is 5.75 Å². The van der Waals surface area contributed by atoms with Gasteiger partial charge in [0.2, 0.25) is 0 Å². The molecule has 0 fully saturated rings. The van der Waals surface area contributed by atoms with Crippen LogP contribution in [0.15, 0.2) is 28.3 Å². The summed E-state index contributed by atoms with van der Waals surface area (Å²) in [4.78, 5) is 0. The van der Waals surface area contributed by atoms with Gasteiger partial charge in [0.05, 0.1) is 6.61 Å². The summed E-state index contributed by atoms with van der Waals surface area (Å²) < 4.78 is 1.01. The fraction of sp³-hybridized carbons (Fsp3) is 0.467. The molecule has 0 radical (unpaired) electrons. The number of halogens is 1. The Morgan fingerprint density at radius 2 is 2.11 bits per heavy atom. The van der Waals surface area contributed by atoms with Gasteiger partial charge in [-0.15, -0.1) is 0 Å². The molecule has 2 N–H and O–H groups in total. The molecule has 0 saturated heterocycles. The number of phenols is 1. The van der Waals surface area contributed by atoms with Crippen molar-refractivity contribution in [2.75, 3.05) is 6.61 Å². The van der Waals surface area contributed by atoms with E-state index in [0.717, 1.165) is 27.6 Å². The maximum Gasteiger partial charge on any atom is 0.119 e. The maximum atomic E-state index is 10.2. The molecule has 1 aromatic rings. The molecule has 0 aromatic heterocycles. The summed E-state index contributed by atoms with van der Waals surface area (Å²) in [5.41, 5.74) is 2.90. The number of aryl methyl sites for hydroxylation is 1. The first-order valence-electron chi connectivity index (χ1n) is 6.19. The molecule has 0 aliphatic heterocycles. The number of phenolic OH excluding ortho intramolecular Hbond substituents is 1. The van der Waals surface area contributed by atoms with E-state index in [1.54, 1.807) is 6.07 Å². The summed E-state index contributed by atoms with van der Waals surface area (Å²) >= 11 is 3.53. The van der Waals surface area contributed by atoms with E-state index in [1.807, 2.05) is 13.0 Å². The van der Waals surface area contributed by atoms with Gasteiger partial charge in [0, 0.05) is 15.5 Å². The summed E-state index contributed by atoms with van der Waals surface area (Å²) in [7, 11) is 0. The Balaban J connectivity index is 2.47. The minimum Gasteiger partial charge on any atom is -0.508 e. The van der Waals surface area contributed by atoms with Gasteiger partial charge in [-0.3, -0.25) is 0 Å². The van der Waals surface area contributed by atoms with Crippen molar-refractivity contribution in [2.45, 2.75) is 32.6 Å². The van der Waals surface area contributed by atoms with Crippen LogP contribution in [0.1, 0.15) is 31.4 Å². The normalized spacial score (nSPS) is 27.4. The monoisotopic (exact) mass is 310 g/mol. The Morgan fingerprint density at radius 1 is 1.44 bits per heavy atom. The van der Waals surface area contributed by atoms with Crippen molar-refractivity contribution in [2.24, 2.45) is 5.92 Å². The molecule has 0 bridgehead atoms. The minimum absolute atomic E-state index is 0.102. The Kier molecular flexibility index (Phi) is 3.56. The molecule has 2 unspecified atom stereocenters. The topological polar surface area (TPSA) is 40.5 Å². The third-order valence-electron chi connectivity index (χ3n) is 4.37. The van der Waals surface area contributed by atoms with Crippen molar-refractivity contribution in [1.29, 1.82) is 0 Å². The van der Waals surface area contributed by atoms with Gasteiger partial charge < -0.3 is 10.2 Å². The Bertz CT molecular complexity index is 507. The van der Waals surface area contributed by atoms with E-state index in [2.05, 4.69) is 35.9 Å². The number of aliphatic hydroxyl groups excluding tert-OH is 1. The highest BCUT2D eigenvalue weighted by atomic mass is 79.9. The molecule has 2 rings (SSSR count). The molecule has 3 heteroatoms. The van der Waals surface area contributed by atoms with Gasteiger partial charge >= 0.3 is 0 Å². The summed E-state index contributed by atoms with van der Waals surface area (Å²) in [6.45, 7) is 6.33. The van der Waals surface area contributed by atoms with Gasteiger partial charge in [0.15, 0.2) is 0 Å². The van der Waals surface area contributed by atoms with Gasteiger partial charge in [0.25, 0.3) is 0 Å². The molecule has 0 spiro atoms. The molecule has 1 aliphatic carbocycles. The first kappa shape index (κ1) is 13.6. The SMILES string of the molecule is Cc1cc(O)c(C2(C)CC=C(CO)C2C)cc1Br. The lowest BCUT2D eigenvalue weighted by molar-refractivity contribution is 0.293. The third-order valence-corrected chi connectivity index (χ3v) is 5.23. The summed E-state index contributed by atoms with van der Waals surface area (Å²) in [6, 6.07) is 3.81. The highest BCUT2D eigenvalue weighted by Crippen LogP contribution is 2.48. The molecule has 0 heterocycles. The standard InChI is InChI=1S/C15H19BrO2/c1-9-6-14(18)12(7-13(9)16)15(3)5-4-11(8-17)10(15)2/h4,6-7,10,17-18H,5,8H2,1-3H3. The predicted octanol–water partition coefficient (Wildman–Crippen LogP) is 3.68. The fourth-order valence-corrected chi connectivity index (χ4v) is 3.12. The largest absolute Gasteiger partial charge is 0.508 e. The summed E-state index contributed by atoms with van der Waals surface area (Å²) in [5.74, 6) is 0.584. The van der Waals surface area contributed by atoms with Crippen LogP contribution in [-0.2, 0) is 5.41 Å². The number of rotatable bonds is 2. The van der Waals surface area contributed by atoms with E-state index in [4.69, 9.17) is 0 Å². The third kappa shape index (κ3) is 1.99. The zero-order valence-corrected chi connectivity index (χ0v) is 12.6. The average Bonchev–Trinajstić information content (AvgIpc) is 2.61. The van der Waals surface area contributed by atoms with E-state index in [-0.39, 0.29) is 17.9 Å². The highest BCUT2D eigenvalue weighted by molar-refractivity contribution is 9.10. The first-order chi connectivity index (χ1) is 8.40. The van der Waals surface area contributed by atoms with Gasteiger partial charge in [-0.1, -0.05) is 35.9 Å². The highest BCUT2D eigenvalue weighted by Gasteiger charge is 2.40. The predicted molar refractivity (Wildman–Crippen MR) is 76.8 cm³/mol. The van der Waals surface area contributed by atoms with Crippen LogP contribution in [0.4, 0.5) is 0 Å². The van der Waals surface area contributed by atoms with Crippen LogP contribution in [0, 0.1) is 12.8 Å². The molecule has 1 aliphatic rings. The molecule has 2 nitrogen and oxygen atoms in total. The van der Waals surface area contributed by atoms with Crippen molar-refractivity contribution in [3.8, 4) is 5.75 Å². The summed E-state index contributed by atoms with van der Waals surface area (Å²) in [5, 5.41) is 19.6. The number of hydrogen-bond donors (Lipinski definition) is 2. The van der Waals surface area contributed by atoms with E-state index >= 15 is 0 Å². The lowest BCUT2D eigenvalue weighted by Gasteiger charge is -2.32. The van der Waals surface area contributed by atoms with Gasteiger partial charge in [-0.05, 0) is 42.5 Å². The summed E-state index contributed by atoms with van der Waals surface area (Å²) in [6.07, 6.45) is 2.95. The molecule has 18 heavy (non-hydrogen) atoms. The van der Waals surface area contributed by atoms with Crippen molar-refractivity contribution in [3.05, 3.63) is 39.4 Å². The Morgan fingerprint density at radius 3 is 2.67 bits per heavy atom. The van der Waals surface area contributed by atoms with Gasteiger partial charge in [-0.2, -0.15) is 0 Å². The lowest BCUT2D eigenvalue weighted by Crippen LogP contribution is -2.27. The van der Waals surface area contributed by atoms with Gasteiger partial charge in [-0.25, -0.2) is 0 Å². The quantitative estimate of drug-likeness (QED) is 0.818. The van der Waals surface area contributed by atoms with E-state index in [1.165, 1.54) is 0 Å². The second kappa shape index (κ2) is 4.71. The van der Waals surface area contributed by atoms with Crippen LogP contribution in [0.3, 0.4) is 0 Å². The van der Waals surface area contributed by atoms with Crippen LogP contribution in [0.2, 0.25) is 0 Å². The molecule has 98 valence electrons. The van der Waals surface area contributed by atoms with E-state index in [0.29, 0.717) is 5.75 Å². The number of hydrogen-bond acceptors (Lipinski definition) is 2. The zero-order valence-electron chi connectivity index (χ0n) is 11.0. The molecule has 0 saturated carbocycles. The molecule has 1 aromatic carbocycles. The van der Waals surface area contributed by atoms with E-state index in [9.17, 15) is 10.2 Å². The smallest absolute Gasteiger partial charge is 0.119 e. The van der Waals surface area contributed by atoms with Gasteiger partial charge in [0.1, 0.15) is 5.75 Å².